The zero-order valence-electron chi connectivity index (χ0n) is 11.8. The topological polar surface area (TPSA) is 44.8 Å². The van der Waals surface area contributed by atoms with Gasteiger partial charge < -0.3 is 0 Å². The molecule has 0 amide bonds. The van der Waals surface area contributed by atoms with Gasteiger partial charge in [0, 0.05) is 0 Å². The third-order valence-corrected chi connectivity index (χ3v) is 3.24. The molecule has 1 N–H and O–H groups in total. The standard InChI is InChI=1S/C15H22N4/c1-3-19(12-15-16-13(2)17-18-15)11-7-10-14-8-5-4-6-9-14/h4-6,8-9H,3,7,10-12H2,1-2H3,(H,16,17,18). The summed E-state index contributed by atoms with van der Waals surface area (Å²) in [5.74, 6) is 1.77. The van der Waals surface area contributed by atoms with Gasteiger partial charge in [-0.3, -0.25) is 10.00 Å². The summed E-state index contributed by atoms with van der Waals surface area (Å²) in [5, 5.41) is 7.08. The molecule has 0 saturated carbocycles. The van der Waals surface area contributed by atoms with Gasteiger partial charge in [-0.2, -0.15) is 5.10 Å². The summed E-state index contributed by atoms with van der Waals surface area (Å²) in [5.41, 5.74) is 1.41. The van der Waals surface area contributed by atoms with Gasteiger partial charge in [-0.25, -0.2) is 4.98 Å². The lowest BCUT2D eigenvalue weighted by molar-refractivity contribution is 0.270. The molecule has 0 saturated heterocycles. The van der Waals surface area contributed by atoms with E-state index in [0.29, 0.717) is 0 Å². The summed E-state index contributed by atoms with van der Waals surface area (Å²) in [6.45, 7) is 7.06. The van der Waals surface area contributed by atoms with Crippen LogP contribution < -0.4 is 0 Å². The van der Waals surface area contributed by atoms with Gasteiger partial charge in [0.25, 0.3) is 0 Å². The smallest absolute Gasteiger partial charge is 0.164 e. The number of rotatable bonds is 7. The third-order valence-electron chi connectivity index (χ3n) is 3.24. The molecule has 0 radical (unpaired) electrons. The zero-order chi connectivity index (χ0) is 13.5. The molecule has 2 rings (SSSR count). The first-order valence-electron chi connectivity index (χ1n) is 6.92. The fraction of sp³-hybridized carbons (Fsp3) is 0.467. The predicted octanol–water partition coefficient (Wildman–Crippen LogP) is 2.57. The molecular formula is C15H22N4. The lowest BCUT2D eigenvalue weighted by Crippen LogP contribution is -2.25. The molecule has 2 aromatic rings. The van der Waals surface area contributed by atoms with Crippen LogP contribution in [0, 0.1) is 6.92 Å². The maximum atomic E-state index is 4.36. The van der Waals surface area contributed by atoms with E-state index in [9.17, 15) is 0 Å². The van der Waals surface area contributed by atoms with E-state index < -0.39 is 0 Å². The monoisotopic (exact) mass is 258 g/mol. The van der Waals surface area contributed by atoms with Crippen molar-refractivity contribution in [2.75, 3.05) is 13.1 Å². The van der Waals surface area contributed by atoms with E-state index in [1.807, 2.05) is 6.92 Å². The molecular weight excluding hydrogens is 236 g/mol. The Morgan fingerprint density at radius 1 is 1.21 bits per heavy atom. The number of hydrogen-bond donors (Lipinski definition) is 1. The first kappa shape index (κ1) is 13.7. The van der Waals surface area contributed by atoms with E-state index >= 15 is 0 Å². The van der Waals surface area contributed by atoms with Gasteiger partial charge in [-0.15, -0.1) is 0 Å². The number of benzene rings is 1. The highest BCUT2D eigenvalue weighted by molar-refractivity contribution is 5.14. The first-order chi connectivity index (χ1) is 9.28. The average molecular weight is 258 g/mol. The molecule has 4 heteroatoms. The second kappa shape index (κ2) is 7.04. The van der Waals surface area contributed by atoms with Crippen LogP contribution in [0.3, 0.4) is 0 Å². The van der Waals surface area contributed by atoms with Crippen LogP contribution in [-0.2, 0) is 13.0 Å². The molecule has 0 aliphatic rings. The number of nitrogens with one attached hydrogen (secondary N) is 1. The number of hydrogen-bond acceptors (Lipinski definition) is 3. The highest BCUT2D eigenvalue weighted by atomic mass is 15.2. The molecule has 0 bridgehead atoms. The summed E-state index contributed by atoms with van der Waals surface area (Å²) in [6.07, 6.45) is 2.30. The van der Waals surface area contributed by atoms with E-state index in [-0.39, 0.29) is 0 Å². The Morgan fingerprint density at radius 2 is 2.00 bits per heavy atom. The highest BCUT2D eigenvalue weighted by Gasteiger charge is 2.07. The normalized spacial score (nSPS) is 11.1. The van der Waals surface area contributed by atoms with Crippen molar-refractivity contribution >= 4 is 0 Å². The van der Waals surface area contributed by atoms with Crippen LogP contribution in [0.15, 0.2) is 30.3 Å². The molecule has 0 aliphatic heterocycles. The first-order valence-corrected chi connectivity index (χ1v) is 6.92. The minimum atomic E-state index is 0.829. The average Bonchev–Trinajstić information content (AvgIpc) is 2.84. The maximum absolute atomic E-state index is 4.36. The lowest BCUT2D eigenvalue weighted by Gasteiger charge is -2.18. The molecule has 0 atom stereocenters. The Bertz CT molecular complexity index is 478. The summed E-state index contributed by atoms with van der Waals surface area (Å²) < 4.78 is 0. The Balaban J connectivity index is 1.76. The minimum Gasteiger partial charge on any atom is -0.296 e. The number of H-pyrrole nitrogens is 1. The molecule has 0 unspecified atom stereocenters. The van der Waals surface area contributed by atoms with Gasteiger partial charge in [-0.1, -0.05) is 37.3 Å². The van der Waals surface area contributed by atoms with Crippen molar-refractivity contribution in [3.8, 4) is 0 Å². The molecule has 1 aromatic heterocycles. The molecule has 0 fully saturated rings. The molecule has 1 aromatic carbocycles. The van der Waals surface area contributed by atoms with E-state index in [4.69, 9.17) is 0 Å². The molecule has 102 valence electrons. The summed E-state index contributed by atoms with van der Waals surface area (Å²) >= 11 is 0. The fourth-order valence-corrected chi connectivity index (χ4v) is 2.16. The second-order valence-corrected chi connectivity index (χ2v) is 4.79. The van der Waals surface area contributed by atoms with Crippen molar-refractivity contribution in [3.63, 3.8) is 0 Å². The van der Waals surface area contributed by atoms with E-state index in [1.54, 1.807) is 0 Å². The van der Waals surface area contributed by atoms with Gasteiger partial charge in [-0.05, 0) is 38.4 Å². The third kappa shape index (κ3) is 4.48. The Labute approximate surface area is 114 Å². The van der Waals surface area contributed by atoms with Crippen molar-refractivity contribution in [2.45, 2.75) is 33.2 Å². The van der Waals surface area contributed by atoms with Gasteiger partial charge in [0.05, 0.1) is 6.54 Å². The molecule has 0 spiro atoms. The van der Waals surface area contributed by atoms with Crippen molar-refractivity contribution in [1.82, 2.24) is 20.1 Å². The van der Waals surface area contributed by atoms with E-state index in [0.717, 1.165) is 37.7 Å². The predicted molar refractivity (Wildman–Crippen MR) is 76.8 cm³/mol. The molecule has 1 heterocycles. The number of aryl methyl sites for hydroxylation is 2. The highest BCUT2D eigenvalue weighted by Crippen LogP contribution is 2.05. The Kier molecular flexibility index (Phi) is 5.10. The lowest BCUT2D eigenvalue weighted by atomic mass is 10.1. The molecule has 4 nitrogen and oxygen atoms in total. The number of aromatic nitrogens is 3. The van der Waals surface area contributed by atoms with Crippen LogP contribution in [0.4, 0.5) is 0 Å². The van der Waals surface area contributed by atoms with Crippen LogP contribution in [0.5, 0.6) is 0 Å². The van der Waals surface area contributed by atoms with Gasteiger partial charge in [0.1, 0.15) is 5.82 Å². The molecule has 19 heavy (non-hydrogen) atoms. The largest absolute Gasteiger partial charge is 0.296 e. The van der Waals surface area contributed by atoms with Crippen molar-refractivity contribution < 1.29 is 0 Å². The van der Waals surface area contributed by atoms with E-state index in [1.165, 1.54) is 12.0 Å². The van der Waals surface area contributed by atoms with Crippen LogP contribution >= 0.6 is 0 Å². The minimum absolute atomic E-state index is 0.829. The van der Waals surface area contributed by atoms with Crippen LogP contribution in [-0.4, -0.2) is 33.2 Å². The van der Waals surface area contributed by atoms with Crippen molar-refractivity contribution in [3.05, 3.63) is 47.5 Å². The summed E-state index contributed by atoms with van der Waals surface area (Å²) in [7, 11) is 0. The maximum Gasteiger partial charge on any atom is 0.164 e. The SMILES string of the molecule is CCN(CCCc1ccccc1)Cc1n[nH]c(C)n1. The number of nitrogens with zero attached hydrogens (tertiary/aromatic N) is 3. The van der Waals surface area contributed by atoms with Crippen LogP contribution in [0.1, 0.15) is 30.6 Å². The second-order valence-electron chi connectivity index (χ2n) is 4.79. The summed E-state index contributed by atoms with van der Waals surface area (Å²) in [6, 6.07) is 10.6. The summed E-state index contributed by atoms with van der Waals surface area (Å²) in [4.78, 5) is 6.74. The van der Waals surface area contributed by atoms with Gasteiger partial charge >= 0.3 is 0 Å². The van der Waals surface area contributed by atoms with Gasteiger partial charge in [0.15, 0.2) is 5.82 Å². The zero-order valence-corrected chi connectivity index (χ0v) is 11.8. The fourth-order valence-electron chi connectivity index (χ4n) is 2.16. The quantitative estimate of drug-likeness (QED) is 0.830. The number of aromatic amines is 1. The van der Waals surface area contributed by atoms with Crippen LogP contribution in [0.25, 0.3) is 0 Å². The Hall–Kier alpha value is -1.68. The van der Waals surface area contributed by atoms with Crippen molar-refractivity contribution in [2.24, 2.45) is 0 Å². The molecule has 0 aliphatic carbocycles. The van der Waals surface area contributed by atoms with Crippen molar-refractivity contribution in [1.29, 1.82) is 0 Å². The van der Waals surface area contributed by atoms with Crippen LogP contribution in [0.2, 0.25) is 0 Å². The van der Waals surface area contributed by atoms with Gasteiger partial charge in [0.2, 0.25) is 0 Å². The Morgan fingerprint density at radius 3 is 2.63 bits per heavy atom. The van der Waals surface area contributed by atoms with E-state index in [2.05, 4.69) is 57.3 Å².